The zero-order valence-electron chi connectivity index (χ0n) is 21.6. The highest BCUT2D eigenvalue weighted by atomic mass is 16.6. The molecule has 4 aliphatic heterocycles. The number of epoxide rings is 4. The number of nitrogens with two attached hydrogens (primary N) is 1. The maximum atomic E-state index is 7.06. The Morgan fingerprint density at radius 3 is 1.49 bits per heavy atom. The lowest BCUT2D eigenvalue weighted by Crippen LogP contribution is -2.17. The Morgan fingerprint density at radius 2 is 1.11 bits per heavy atom. The Bertz CT molecular complexity index is 1050. The molecule has 5 heteroatoms. The second kappa shape index (κ2) is 9.19. The van der Waals surface area contributed by atoms with Crippen molar-refractivity contribution >= 4 is 5.69 Å². The van der Waals surface area contributed by atoms with Crippen molar-refractivity contribution in [2.45, 2.75) is 89.6 Å². The van der Waals surface area contributed by atoms with Crippen molar-refractivity contribution in [3.05, 3.63) is 51.6 Å². The van der Waals surface area contributed by atoms with Crippen molar-refractivity contribution in [2.24, 2.45) is 0 Å². The van der Waals surface area contributed by atoms with Crippen LogP contribution in [0.15, 0.2) is 18.2 Å². The first kappa shape index (κ1) is 23.5. The highest BCUT2D eigenvalue weighted by molar-refractivity contribution is 5.82. The summed E-state index contributed by atoms with van der Waals surface area (Å²) < 4.78 is 23.0. The van der Waals surface area contributed by atoms with Gasteiger partial charge in [0.25, 0.3) is 0 Å². The van der Waals surface area contributed by atoms with E-state index in [1.807, 2.05) is 0 Å². The van der Waals surface area contributed by atoms with E-state index in [1.54, 1.807) is 0 Å². The van der Waals surface area contributed by atoms with Gasteiger partial charge in [-0.2, -0.15) is 0 Å². The maximum Gasteiger partial charge on any atom is 0.0851 e. The zero-order chi connectivity index (χ0) is 24.3. The number of benzene rings is 2. The lowest BCUT2D eigenvalue weighted by molar-refractivity contribution is 0.399. The van der Waals surface area contributed by atoms with Gasteiger partial charge in [0.1, 0.15) is 0 Å². The Morgan fingerprint density at radius 1 is 0.686 bits per heavy atom. The Balaban J connectivity index is 1.64. The lowest BCUT2D eigenvalue weighted by Gasteiger charge is -2.28. The van der Waals surface area contributed by atoms with E-state index in [4.69, 9.17) is 24.7 Å². The normalized spacial score (nSPS) is 26.5. The van der Waals surface area contributed by atoms with Crippen LogP contribution in [0, 0.1) is 0 Å². The van der Waals surface area contributed by atoms with Gasteiger partial charge in [-0.3, -0.25) is 0 Å². The summed E-state index contributed by atoms with van der Waals surface area (Å²) in [6.07, 6.45) is 4.68. The second-order valence-electron chi connectivity index (χ2n) is 11.5. The van der Waals surface area contributed by atoms with Crippen LogP contribution >= 0.6 is 0 Å². The number of ether oxygens (including phenoxy) is 4. The van der Waals surface area contributed by atoms with Crippen LogP contribution in [-0.4, -0.2) is 50.8 Å². The van der Waals surface area contributed by atoms with Gasteiger partial charge in [-0.05, 0) is 56.3 Å². The SMILES string of the molecule is CC(C)c1cccc(-c2c(CC3CO3)c(CC3CO3)c(N)c(CC3CO3)c2CC2CO2)c1C(C)C. The lowest BCUT2D eigenvalue weighted by atomic mass is 9.76. The fraction of sp³-hybridized carbons (Fsp3) is 0.600. The molecule has 0 spiro atoms. The highest BCUT2D eigenvalue weighted by Gasteiger charge is 2.37. The van der Waals surface area contributed by atoms with Crippen LogP contribution in [0.3, 0.4) is 0 Å². The van der Waals surface area contributed by atoms with Gasteiger partial charge in [-0.15, -0.1) is 0 Å². The molecule has 0 radical (unpaired) electrons. The van der Waals surface area contributed by atoms with E-state index in [0.29, 0.717) is 11.8 Å². The zero-order valence-corrected chi connectivity index (χ0v) is 21.6. The van der Waals surface area contributed by atoms with Crippen LogP contribution in [-0.2, 0) is 44.6 Å². The molecular formula is C30H39NO4. The molecule has 2 aromatic carbocycles. The van der Waals surface area contributed by atoms with Crippen LogP contribution < -0.4 is 5.73 Å². The smallest absolute Gasteiger partial charge is 0.0851 e. The highest BCUT2D eigenvalue weighted by Crippen LogP contribution is 2.46. The molecule has 4 saturated heterocycles. The number of anilines is 1. The predicted molar refractivity (Wildman–Crippen MR) is 138 cm³/mol. The third kappa shape index (κ3) is 5.01. The van der Waals surface area contributed by atoms with Crippen LogP contribution in [0.5, 0.6) is 0 Å². The monoisotopic (exact) mass is 477 g/mol. The number of nitrogen functional groups attached to an aromatic ring is 1. The van der Waals surface area contributed by atoms with Crippen molar-refractivity contribution in [3.63, 3.8) is 0 Å². The van der Waals surface area contributed by atoms with Gasteiger partial charge in [-0.25, -0.2) is 0 Å². The molecule has 5 nitrogen and oxygen atoms in total. The molecule has 4 atom stereocenters. The van der Waals surface area contributed by atoms with E-state index in [0.717, 1.165) is 57.8 Å². The molecule has 35 heavy (non-hydrogen) atoms. The molecule has 0 amide bonds. The first-order valence-electron chi connectivity index (χ1n) is 13.4. The second-order valence-corrected chi connectivity index (χ2v) is 11.5. The van der Waals surface area contributed by atoms with Gasteiger partial charge in [0.2, 0.25) is 0 Å². The van der Waals surface area contributed by atoms with Crippen molar-refractivity contribution in [2.75, 3.05) is 32.2 Å². The van der Waals surface area contributed by atoms with Crippen molar-refractivity contribution in [1.29, 1.82) is 0 Å². The summed E-state index contributed by atoms with van der Waals surface area (Å²) >= 11 is 0. The van der Waals surface area contributed by atoms with Crippen LogP contribution in [0.4, 0.5) is 5.69 Å². The van der Waals surface area contributed by atoms with Crippen molar-refractivity contribution < 1.29 is 18.9 Å². The first-order valence-corrected chi connectivity index (χ1v) is 13.4. The fourth-order valence-electron chi connectivity index (χ4n) is 5.84. The van der Waals surface area contributed by atoms with Gasteiger partial charge < -0.3 is 24.7 Å². The molecule has 0 saturated carbocycles. The molecule has 188 valence electrons. The average molecular weight is 478 g/mol. The van der Waals surface area contributed by atoms with E-state index in [1.165, 1.54) is 44.5 Å². The maximum absolute atomic E-state index is 7.06. The summed E-state index contributed by atoms with van der Waals surface area (Å²) in [7, 11) is 0. The minimum absolute atomic E-state index is 0.276. The molecule has 4 unspecified atom stereocenters. The Labute approximate surface area is 209 Å². The van der Waals surface area contributed by atoms with Crippen LogP contribution in [0.2, 0.25) is 0 Å². The molecular weight excluding hydrogens is 438 g/mol. The van der Waals surface area contributed by atoms with Crippen molar-refractivity contribution in [1.82, 2.24) is 0 Å². The first-order chi connectivity index (χ1) is 16.9. The molecule has 6 rings (SSSR count). The molecule has 2 N–H and O–H groups in total. The topological polar surface area (TPSA) is 76.1 Å². The van der Waals surface area contributed by atoms with Gasteiger partial charge in [0, 0.05) is 31.4 Å². The summed E-state index contributed by atoms with van der Waals surface area (Å²) in [6.45, 7) is 12.6. The molecule has 0 bridgehead atoms. The van der Waals surface area contributed by atoms with E-state index in [2.05, 4.69) is 45.9 Å². The van der Waals surface area contributed by atoms with Gasteiger partial charge in [0.05, 0.1) is 50.8 Å². The summed E-state index contributed by atoms with van der Waals surface area (Å²) in [5.74, 6) is 0.881. The third-order valence-corrected chi connectivity index (χ3v) is 7.93. The number of hydrogen-bond donors (Lipinski definition) is 1. The van der Waals surface area contributed by atoms with E-state index in [-0.39, 0.29) is 24.4 Å². The summed E-state index contributed by atoms with van der Waals surface area (Å²) in [6, 6.07) is 6.90. The molecule has 4 aliphatic rings. The molecule has 0 aromatic heterocycles. The standard InChI is InChI=1S/C30H39NO4/c1-16(2)22-6-5-7-23(28(22)17(3)4)29-24(8-18-12-32-18)26(10-20-14-34-20)30(31)27(11-21-15-35-21)25(29)9-19-13-33-19/h5-7,16-21H,8-15,31H2,1-4H3. The molecule has 0 aliphatic carbocycles. The third-order valence-electron chi connectivity index (χ3n) is 7.93. The fourth-order valence-corrected chi connectivity index (χ4v) is 5.84. The van der Waals surface area contributed by atoms with Crippen LogP contribution in [0.1, 0.15) is 72.9 Å². The van der Waals surface area contributed by atoms with Gasteiger partial charge >= 0.3 is 0 Å². The Hall–Kier alpha value is -1.92. The quantitative estimate of drug-likeness (QED) is 0.366. The van der Waals surface area contributed by atoms with E-state index in [9.17, 15) is 0 Å². The molecule has 4 fully saturated rings. The summed E-state index contributed by atoms with van der Waals surface area (Å²) in [5.41, 5.74) is 19.0. The minimum atomic E-state index is 0.276. The van der Waals surface area contributed by atoms with Crippen LogP contribution in [0.25, 0.3) is 11.1 Å². The average Bonchev–Trinajstić information content (AvgIpc) is 3.66. The number of rotatable bonds is 11. The van der Waals surface area contributed by atoms with Gasteiger partial charge in [0.15, 0.2) is 0 Å². The molecule has 2 aromatic rings. The summed E-state index contributed by atoms with van der Waals surface area (Å²) in [5, 5.41) is 0. The predicted octanol–water partition coefficient (Wildman–Crippen LogP) is 4.95. The Kier molecular flexibility index (Phi) is 6.16. The molecule has 4 heterocycles. The van der Waals surface area contributed by atoms with Gasteiger partial charge in [-0.1, -0.05) is 45.9 Å². The van der Waals surface area contributed by atoms with Crippen molar-refractivity contribution in [3.8, 4) is 11.1 Å². The largest absolute Gasteiger partial charge is 0.398 e. The number of hydrogen-bond acceptors (Lipinski definition) is 5. The van der Waals surface area contributed by atoms with E-state index >= 15 is 0 Å². The summed E-state index contributed by atoms with van der Waals surface area (Å²) in [4.78, 5) is 0. The van der Waals surface area contributed by atoms with E-state index < -0.39 is 0 Å². The minimum Gasteiger partial charge on any atom is -0.398 e.